The summed E-state index contributed by atoms with van der Waals surface area (Å²) in [5, 5.41) is 1.19. The minimum absolute atomic E-state index is 0.208. The van der Waals surface area contributed by atoms with E-state index < -0.39 is 5.60 Å². The van der Waals surface area contributed by atoms with Crippen LogP contribution in [0.1, 0.15) is 45.2 Å². The van der Waals surface area contributed by atoms with Crippen molar-refractivity contribution in [1.82, 2.24) is 14.9 Å². The van der Waals surface area contributed by atoms with Crippen LogP contribution in [0.25, 0.3) is 10.9 Å². The number of carbonyl (C=O) groups is 1. The van der Waals surface area contributed by atoms with Gasteiger partial charge >= 0.3 is 6.09 Å². The van der Waals surface area contributed by atoms with Crippen LogP contribution >= 0.6 is 0 Å². The molecule has 0 aliphatic carbocycles. The normalized spacial score (nSPS) is 17.0. The molecule has 0 bridgehead atoms. The molecule has 0 radical (unpaired) electrons. The van der Waals surface area contributed by atoms with Gasteiger partial charge in [-0.1, -0.05) is 0 Å². The molecule has 3 heterocycles. The van der Waals surface area contributed by atoms with Gasteiger partial charge in [-0.2, -0.15) is 0 Å². The van der Waals surface area contributed by atoms with E-state index in [1.54, 1.807) is 4.90 Å². The molecule has 1 amide bonds. The molecule has 0 unspecified atom stereocenters. The molecule has 5 nitrogen and oxygen atoms in total. The Balaban J connectivity index is 1.62. The number of piperidine rings is 1. The number of hydrogen-bond acceptors (Lipinski definition) is 3. The fourth-order valence-electron chi connectivity index (χ4n) is 2.88. The Morgan fingerprint density at radius 1 is 1.36 bits per heavy atom. The van der Waals surface area contributed by atoms with Gasteiger partial charge in [0.1, 0.15) is 5.60 Å². The third-order valence-electron chi connectivity index (χ3n) is 4.02. The maximum absolute atomic E-state index is 12.1. The monoisotopic (exact) mass is 301 g/mol. The molecule has 22 heavy (non-hydrogen) atoms. The van der Waals surface area contributed by atoms with Crippen LogP contribution in [0.3, 0.4) is 0 Å². The Bertz CT molecular complexity index is 664. The van der Waals surface area contributed by atoms with Crippen molar-refractivity contribution < 1.29 is 9.53 Å². The van der Waals surface area contributed by atoms with Gasteiger partial charge in [-0.25, -0.2) is 4.79 Å². The predicted octanol–water partition coefficient (Wildman–Crippen LogP) is 3.68. The zero-order valence-corrected chi connectivity index (χ0v) is 13.4. The molecule has 118 valence electrons. The highest BCUT2D eigenvalue weighted by molar-refractivity contribution is 5.78. The van der Waals surface area contributed by atoms with Gasteiger partial charge in [-0.05, 0) is 45.7 Å². The van der Waals surface area contributed by atoms with Gasteiger partial charge in [-0.3, -0.25) is 4.98 Å². The van der Waals surface area contributed by atoms with Crippen LogP contribution < -0.4 is 0 Å². The minimum Gasteiger partial charge on any atom is -0.444 e. The second-order valence-electron chi connectivity index (χ2n) is 6.92. The Morgan fingerprint density at radius 3 is 2.77 bits per heavy atom. The van der Waals surface area contributed by atoms with Crippen molar-refractivity contribution in [3.05, 3.63) is 30.2 Å². The lowest BCUT2D eigenvalue weighted by atomic mass is 9.93. The van der Waals surface area contributed by atoms with Crippen molar-refractivity contribution in [3.63, 3.8) is 0 Å². The van der Waals surface area contributed by atoms with E-state index in [0.29, 0.717) is 5.92 Å². The fourth-order valence-corrected chi connectivity index (χ4v) is 2.88. The summed E-state index contributed by atoms with van der Waals surface area (Å²) in [4.78, 5) is 21.6. The number of amides is 1. The number of fused-ring (bicyclic) bond motifs is 1. The maximum atomic E-state index is 12.1. The summed E-state index contributed by atoms with van der Waals surface area (Å²) in [5.41, 5.74) is 1.75. The average Bonchev–Trinajstić information content (AvgIpc) is 2.93. The van der Waals surface area contributed by atoms with Crippen molar-refractivity contribution in [2.24, 2.45) is 0 Å². The van der Waals surface area contributed by atoms with E-state index in [-0.39, 0.29) is 6.09 Å². The quantitative estimate of drug-likeness (QED) is 0.874. The first-order chi connectivity index (χ1) is 10.4. The summed E-state index contributed by atoms with van der Waals surface area (Å²) >= 11 is 0. The number of H-pyrrole nitrogens is 1. The number of carbonyl (C=O) groups excluding carboxylic acids is 1. The van der Waals surface area contributed by atoms with Crippen molar-refractivity contribution in [2.75, 3.05) is 13.1 Å². The lowest BCUT2D eigenvalue weighted by Gasteiger charge is -2.33. The van der Waals surface area contributed by atoms with Crippen LogP contribution in [0, 0.1) is 0 Å². The molecule has 2 aromatic rings. The van der Waals surface area contributed by atoms with E-state index in [2.05, 4.69) is 22.1 Å². The van der Waals surface area contributed by atoms with E-state index in [0.717, 1.165) is 37.1 Å². The molecular formula is C17H23N3O2. The summed E-state index contributed by atoms with van der Waals surface area (Å²) in [6, 6.07) is 4.22. The number of hydrogen-bond donors (Lipinski definition) is 1. The van der Waals surface area contributed by atoms with Gasteiger partial charge in [0, 0.05) is 36.3 Å². The largest absolute Gasteiger partial charge is 0.444 e. The number of nitrogens with zero attached hydrogens (tertiary/aromatic N) is 2. The molecule has 1 fully saturated rings. The van der Waals surface area contributed by atoms with Gasteiger partial charge in [0.2, 0.25) is 0 Å². The zero-order valence-electron chi connectivity index (χ0n) is 13.4. The van der Waals surface area contributed by atoms with Crippen molar-refractivity contribution >= 4 is 17.0 Å². The molecule has 0 aromatic carbocycles. The summed E-state index contributed by atoms with van der Waals surface area (Å²) in [7, 11) is 0. The second kappa shape index (κ2) is 5.63. The highest BCUT2D eigenvalue weighted by Gasteiger charge is 2.28. The van der Waals surface area contributed by atoms with Gasteiger partial charge in [0.05, 0.1) is 11.7 Å². The second-order valence-corrected chi connectivity index (χ2v) is 6.92. The smallest absolute Gasteiger partial charge is 0.410 e. The first kappa shape index (κ1) is 14.9. The summed E-state index contributed by atoms with van der Waals surface area (Å²) in [6.07, 6.45) is 5.48. The molecule has 1 saturated heterocycles. The Kier molecular flexibility index (Phi) is 3.81. The third-order valence-corrected chi connectivity index (χ3v) is 4.02. The van der Waals surface area contributed by atoms with Gasteiger partial charge in [0.25, 0.3) is 0 Å². The van der Waals surface area contributed by atoms with Crippen LogP contribution in [0.2, 0.25) is 0 Å². The van der Waals surface area contributed by atoms with Gasteiger partial charge < -0.3 is 14.6 Å². The summed E-state index contributed by atoms with van der Waals surface area (Å²) < 4.78 is 5.43. The average molecular weight is 301 g/mol. The lowest BCUT2D eigenvalue weighted by Crippen LogP contribution is -2.41. The molecule has 1 aliphatic rings. The molecular weight excluding hydrogens is 278 g/mol. The number of rotatable bonds is 1. The molecule has 2 aromatic heterocycles. The van der Waals surface area contributed by atoms with Crippen LogP contribution in [-0.4, -0.2) is 39.7 Å². The number of aromatic nitrogens is 2. The van der Waals surface area contributed by atoms with Crippen LogP contribution in [0.5, 0.6) is 0 Å². The number of ether oxygens (including phenoxy) is 1. The van der Waals surface area contributed by atoms with Crippen molar-refractivity contribution in [3.8, 4) is 0 Å². The first-order valence-corrected chi connectivity index (χ1v) is 7.83. The Labute approximate surface area is 130 Å². The standard InChI is InChI=1S/C17H23N3O2/c1-17(2,3)22-16(21)20-8-5-12(6-9-20)14-10-13-4-7-18-15(13)11-19-14/h4,7,10-12,18H,5-6,8-9H2,1-3H3. The fraction of sp³-hybridized carbons (Fsp3) is 0.529. The summed E-state index contributed by atoms with van der Waals surface area (Å²) in [5.74, 6) is 0.415. The molecule has 0 spiro atoms. The lowest BCUT2D eigenvalue weighted by molar-refractivity contribution is 0.0204. The Hall–Kier alpha value is -2.04. The van der Waals surface area contributed by atoms with Gasteiger partial charge in [0.15, 0.2) is 0 Å². The van der Waals surface area contributed by atoms with E-state index in [9.17, 15) is 4.79 Å². The van der Waals surface area contributed by atoms with Crippen LogP contribution in [0.4, 0.5) is 4.79 Å². The topological polar surface area (TPSA) is 58.2 Å². The van der Waals surface area contributed by atoms with Gasteiger partial charge in [-0.15, -0.1) is 0 Å². The first-order valence-electron chi connectivity index (χ1n) is 7.83. The molecule has 5 heteroatoms. The number of aromatic amines is 1. The number of pyridine rings is 1. The zero-order chi connectivity index (χ0) is 15.7. The highest BCUT2D eigenvalue weighted by Crippen LogP contribution is 2.29. The van der Waals surface area contributed by atoms with E-state index in [1.807, 2.05) is 33.2 Å². The summed E-state index contributed by atoms with van der Waals surface area (Å²) in [6.45, 7) is 7.15. The molecule has 0 atom stereocenters. The van der Waals surface area contributed by atoms with Crippen molar-refractivity contribution in [1.29, 1.82) is 0 Å². The minimum atomic E-state index is -0.436. The van der Waals surface area contributed by atoms with E-state index in [4.69, 9.17) is 4.74 Å². The molecule has 0 saturated carbocycles. The van der Waals surface area contributed by atoms with Crippen LogP contribution in [0.15, 0.2) is 24.5 Å². The van der Waals surface area contributed by atoms with Crippen molar-refractivity contribution in [2.45, 2.75) is 45.1 Å². The number of likely N-dealkylation sites (tertiary alicyclic amines) is 1. The molecule has 1 aliphatic heterocycles. The maximum Gasteiger partial charge on any atom is 0.410 e. The predicted molar refractivity (Wildman–Crippen MR) is 85.9 cm³/mol. The third kappa shape index (κ3) is 3.24. The molecule has 3 rings (SSSR count). The van der Waals surface area contributed by atoms with E-state index in [1.165, 1.54) is 5.39 Å². The van der Waals surface area contributed by atoms with Crippen LogP contribution in [-0.2, 0) is 4.74 Å². The Morgan fingerprint density at radius 2 is 2.09 bits per heavy atom. The highest BCUT2D eigenvalue weighted by atomic mass is 16.6. The number of nitrogens with one attached hydrogen (secondary N) is 1. The molecule has 1 N–H and O–H groups in total. The van der Waals surface area contributed by atoms with E-state index >= 15 is 0 Å². The SMILES string of the molecule is CC(C)(C)OC(=O)N1CCC(c2cc3cc[nH]c3cn2)CC1.